The topological polar surface area (TPSA) is 152 Å². The predicted molar refractivity (Wildman–Crippen MR) is 210 cm³/mol. The van der Waals surface area contributed by atoms with Crippen LogP contribution in [-0.4, -0.2) is 84.2 Å². The van der Waals surface area contributed by atoms with E-state index in [0.717, 1.165) is 59.9 Å². The smallest absolute Gasteiger partial charge is 0.407 e. The molecule has 12 heteroatoms. The zero-order chi connectivity index (χ0) is 39.8. The Balaban J connectivity index is 1.15. The Morgan fingerprint density at radius 2 is 1.45 bits per heavy atom. The highest BCUT2D eigenvalue weighted by Crippen LogP contribution is 2.44. The van der Waals surface area contributed by atoms with E-state index in [1.807, 2.05) is 66.7 Å². The third-order valence-corrected chi connectivity index (χ3v) is 10.8. The number of esters is 2. The largest absolute Gasteiger partial charge is 0.459 e. The Labute approximate surface area is 329 Å². The quantitative estimate of drug-likeness (QED) is 0.149. The minimum absolute atomic E-state index is 0.0201. The first-order valence-corrected chi connectivity index (χ1v) is 19.8. The van der Waals surface area contributed by atoms with Gasteiger partial charge < -0.3 is 29.7 Å². The number of amides is 3. The first kappa shape index (κ1) is 40.4. The van der Waals surface area contributed by atoms with Crippen molar-refractivity contribution in [3.63, 3.8) is 0 Å². The summed E-state index contributed by atoms with van der Waals surface area (Å²) in [6, 6.07) is 22.1. The fraction of sp³-hybridized carbons (Fsp3) is 0.477. The number of rotatable bonds is 13. The average molecular weight is 767 g/mol. The fourth-order valence-corrected chi connectivity index (χ4v) is 8.05. The van der Waals surface area contributed by atoms with Gasteiger partial charge in [0.1, 0.15) is 30.9 Å². The number of hydrogen-bond acceptors (Lipinski definition) is 9. The summed E-state index contributed by atoms with van der Waals surface area (Å²) >= 11 is 0. The molecule has 1 saturated heterocycles. The molecule has 3 N–H and O–H groups in total. The van der Waals surface area contributed by atoms with Gasteiger partial charge >= 0.3 is 18.0 Å². The van der Waals surface area contributed by atoms with E-state index in [4.69, 9.17) is 14.2 Å². The van der Waals surface area contributed by atoms with Gasteiger partial charge in [0.15, 0.2) is 0 Å². The van der Waals surface area contributed by atoms with Gasteiger partial charge in [0.25, 0.3) is 0 Å². The molecule has 12 nitrogen and oxygen atoms in total. The van der Waals surface area contributed by atoms with Crippen molar-refractivity contribution in [3.05, 3.63) is 95.6 Å². The molecule has 0 spiro atoms. The minimum atomic E-state index is -1.00. The lowest BCUT2D eigenvalue weighted by Gasteiger charge is -2.35. The molecule has 6 rings (SSSR count). The van der Waals surface area contributed by atoms with Crippen LogP contribution < -0.4 is 16.0 Å². The molecule has 298 valence electrons. The van der Waals surface area contributed by atoms with Gasteiger partial charge in [0.05, 0.1) is 18.6 Å². The van der Waals surface area contributed by atoms with Crippen LogP contribution in [0.15, 0.2) is 78.9 Å². The highest BCUT2D eigenvalue weighted by molar-refractivity contribution is 5.93. The highest BCUT2D eigenvalue weighted by Gasteiger charge is 2.45. The van der Waals surface area contributed by atoms with Crippen molar-refractivity contribution >= 4 is 29.8 Å². The van der Waals surface area contributed by atoms with Gasteiger partial charge in [0, 0.05) is 18.9 Å². The lowest BCUT2D eigenvalue weighted by atomic mass is 9.83. The number of fused-ring (bicyclic) bond motifs is 3. The van der Waals surface area contributed by atoms with Crippen LogP contribution in [0.3, 0.4) is 0 Å². The Hall–Kier alpha value is -5.23. The van der Waals surface area contributed by atoms with Crippen molar-refractivity contribution < 1.29 is 38.2 Å². The van der Waals surface area contributed by atoms with Crippen LogP contribution in [0.2, 0.25) is 0 Å². The van der Waals surface area contributed by atoms with E-state index in [0.29, 0.717) is 0 Å². The Morgan fingerprint density at radius 3 is 2.09 bits per heavy atom. The number of ether oxygens (including phenoxy) is 3. The summed E-state index contributed by atoms with van der Waals surface area (Å²) in [4.78, 5) is 69.2. The maximum absolute atomic E-state index is 14.6. The molecule has 3 amide bonds. The summed E-state index contributed by atoms with van der Waals surface area (Å²) in [5.74, 6) is -2.25. The normalized spacial score (nSPS) is 19.2. The predicted octanol–water partition coefficient (Wildman–Crippen LogP) is 5.62. The molecule has 0 unspecified atom stereocenters. The molecule has 3 aromatic rings. The fourth-order valence-electron chi connectivity index (χ4n) is 8.05. The number of carbonyl (C=O) groups is 5. The van der Waals surface area contributed by atoms with Gasteiger partial charge in [-0.15, -0.1) is 0 Å². The van der Waals surface area contributed by atoms with Crippen molar-refractivity contribution in [2.75, 3.05) is 19.7 Å². The third kappa shape index (κ3) is 10.1. The minimum Gasteiger partial charge on any atom is -0.459 e. The molecule has 1 heterocycles. The van der Waals surface area contributed by atoms with Crippen molar-refractivity contribution in [3.8, 4) is 11.1 Å². The lowest BCUT2D eigenvalue weighted by molar-refractivity contribution is -0.155. The summed E-state index contributed by atoms with van der Waals surface area (Å²) in [5.41, 5.74) is 4.54. The molecule has 2 aliphatic carbocycles. The molecular formula is C44H54N4O8. The van der Waals surface area contributed by atoms with Crippen molar-refractivity contribution in [1.82, 2.24) is 20.9 Å². The van der Waals surface area contributed by atoms with Crippen LogP contribution >= 0.6 is 0 Å². The Bertz CT molecular complexity index is 1830. The van der Waals surface area contributed by atoms with Crippen molar-refractivity contribution in [2.24, 2.45) is 5.92 Å². The first-order valence-electron chi connectivity index (χ1n) is 19.8. The van der Waals surface area contributed by atoms with Crippen molar-refractivity contribution in [1.29, 1.82) is 0 Å². The molecule has 3 aromatic carbocycles. The van der Waals surface area contributed by atoms with Gasteiger partial charge in [-0.1, -0.05) is 98.1 Å². The summed E-state index contributed by atoms with van der Waals surface area (Å²) in [7, 11) is 0. The molecule has 0 aromatic heterocycles. The summed E-state index contributed by atoms with van der Waals surface area (Å²) in [6.07, 6.45) is 3.77. The van der Waals surface area contributed by atoms with E-state index >= 15 is 0 Å². The van der Waals surface area contributed by atoms with Gasteiger partial charge in [-0.3, -0.25) is 19.7 Å². The van der Waals surface area contributed by atoms with Gasteiger partial charge in [-0.2, -0.15) is 0 Å². The molecule has 4 atom stereocenters. The van der Waals surface area contributed by atoms with Crippen LogP contribution in [0, 0.1) is 5.92 Å². The van der Waals surface area contributed by atoms with E-state index in [2.05, 4.69) is 28.1 Å². The number of nitrogens with one attached hydrogen (secondary N) is 3. The van der Waals surface area contributed by atoms with Crippen LogP contribution in [0.1, 0.15) is 88.8 Å². The summed E-state index contributed by atoms with van der Waals surface area (Å²) in [5, 5.41) is 8.78. The van der Waals surface area contributed by atoms with Crippen LogP contribution in [-0.2, 0) is 40.0 Å². The van der Waals surface area contributed by atoms with Crippen LogP contribution in [0.5, 0.6) is 0 Å². The van der Waals surface area contributed by atoms with Crippen LogP contribution in [0.4, 0.5) is 4.79 Å². The van der Waals surface area contributed by atoms with E-state index < -0.39 is 59.6 Å². The van der Waals surface area contributed by atoms with E-state index in [1.165, 1.54) is 4.90 Å². The maximum atomic E-state index is 14.6. The molecular weight excluding hydrogens is 713 g/mol. The second-order valence-electron chi connectivity index (χ2n) is 16.1. The Morgan fingerprint density at radius 1 is 0.821 bits per heavy atom. The molecule has 1 saturated carbocycles. The molecule has 56 heavy (non-hydrogen) atoms. The maximum Gasteiger partial charge on any atom is 0.407 e. The summed E-state index contributed by atoms with van der Waals surface area (Å²) in [6.45, 7) is 6.90. The molecule has 1 aliphatic heterocycles. The zero-order valence-electron chi connectivity index (χ0n) is 32.8. The molecule has 0 radical (unpaired) electrons. The number of nitrogens with zero attached hydrogens (tertiary/aromatic N) is 1. The van der Waals surface area contributed by atoms with E-state index in [-0.39, 0.29) is 44.6 Å². The standard InChI is InChI=1S/C44H54N4O8/c1-28(45-24-38(49)56-44(2,3)4)40(50)47-39(30-17-9-6-10-18-30)41(51)48-25-31(23-37(48)42(52)54-26-29-15-7-5-8-16-29)46-43(53)55-27-36-34-21-13-11-19-32(34)33-20-12-14-22-35(33)36/h5,7-8,11-16,19-22,28,30-31,36-37,39,45H,6,9-10,17-18,23-27H2,1-4H3,(H,46,53)(H,47,50)/t28-,31-,37-,39-/m0/s1. The SMILES string of the molecule is C[C@H](NCC(=O)OC(C)(C)C)C(=O)N[C@H](C(=O)N1C[C@@H](NC(=O)OCC2c3ccccc3-c3ccccc32)C[C@H]1C(=O)OCc1ccccc1)C1CCCCC1. The monoisotopic (exact) mass is 766 g/mol. The molecule has 3 aliphatic rings. The number of alkyl carbamates (subject to hydrolysis) is 1. The first-order chi connectivity index (χ1) is 26.9. The van der Waals surface area contributed by atoms with Crippen molar-refractivity contribution in [2.45, 2.75) is 109 Å². The average Bonchev–Trinajstić information content (AvgIpc) is 3.76. The van der Waals surface area contributed by atoms with Gasteiger partial charge in [-0.05, 0) is 74.3 Å². The van der Waals surface area contributed by atoms with E-state index in [9.17, 15) is 24.0 Å². The van der Waals surface area contributed by atoms with Crippen LogP contribution in [0.25, 0.3) is 11.1 Å². The number of carbonyl (C=O) groups excluding carboxylic acids is 5. The Kier molecular flexibility index (Phi) is 13.1. The third-order valence-electron chi connectivity index (χ3n) is 10.8. The number of benzene rings is 3. The van der Waals surface area contributed by atoms with E-state index in [1.54, 1.807) is 27.7 Å². The molecule has 0 bridgehead atoms. The molecule has 2 fully saturated rings. The van der Waals surface area contributed by atoms with Gasteiger partial charge in [0.2, 0.25) is 11.8 Å². The van der Waals surface area contributed by atoms with Gasteiger partial charge in [-0.25, -0.2) is 9.59 Å². The lowest BCUT2D eigenvalue weighted by Crippen LogP contribution is -2.58. The number of likely N-dealkylation sites (tertiary alicyclic amines) is 1. The second kappa shape index (κ2) is 18.1. The summed E-state index contributed by atoms with van der Waals surface area (Å²) < 4.78 is 16.9. The second-order valence-corrected chi connectivity index (χ2v) is 16.1. The zero-order valence-corrected chi connectivity index (χ0v) is 32.8. The highest BCUT2D eigenvalue weighted by atomic mass is 16.6. The number of hydrogen-bond donors (Lipinski definition) is 3.